The van der Waals surface area contributed by atoms with Crippen molar-refractivity contribution in [2.45, 2.75) is 30.8 Å². The van der Waals surface area contributed by atoms with Crippen LogP contribution in [-0.2, 0) is 10.0 Å². The molecule has 0 N–H and O–H groups in total. The molecule has 0 aromatic heterocycles. The van der Waals surface area contributed by atoms with Gasteiger partial charge in [-0.3, -0.25) is 4.31 Å². The van der Waals surface area contributed by atoms with Crippen LogP contribution in [0.1, 0.15) is 34.3 Å². The monoisotopic (exact) mass is 395 g/mol. The molecule has 28 heavy (non-hydrogen) atoms. The summed E-state index contributed by atoms with van der Waals surface area (Å²) >= 11 is 0. The molecule has 0 radical (unpaired) electrons. The van der Waals surface area contributed by atoms with E-state index in [-0.39, 0.29) is 11.4 Å². The van der Waals surface area contributed by atoms with Crippen molar-refractivity contribution in [1.29, 1.82) is 0 Å². The molecule has 0 bridgehead atoms. The Morgan fingerprint density at radius 3 is 2.36 bits per heavy atom. The van der Waals surface area contributed by atoms with Gasteiger partial charge in [0.1, 0.15) is 6.17 Å². The van der Waals surface area contributed by atoms with Gasteiger partial charge < -0.3 is 0 Å². The molecule has 3 nitrogen and oxygen atoms in total. The average molecular weight is 395 g/mol. The average Bonchev–Trinajstić information content (AvgIpc) is 3.08. The molecule has 0 saturated heterocycles. The Bertz CT molecular complexity index is 1110. The topological polar surface area (TPSA) is 37.4 Å². The first-order chi connectivity index (χ1) is 13.4. The summed E-state index contributed by atoms with van der Waals surface area (Å²) in [6.07, 6.45) is -1.28. The van der Waals surface area contributed by atoms with Crippen molar-refractivity contribution in [3.63, 3.8) is 0 Å². The van der Waals surface area contributed by atoms with Gasteiger partial charge in [-0.1, -0.05) is 65.7 Å². The quantitative estimate of drug-likeness (QED) is 0.601. The minimum Gasteiger partial charge on any atom is -0.265 e. The fraction of sp³-hybridized carbons (Fsp3) is 0.217. The third-order valence-electron chi connectivity index (χ3n) is 5.29. The van der Waals surface area contributed by atoms with Gasteiger partial charge in [-0.25, -0.2) is 12.8 Å². The Labute approximate surface area is 165 Å². The molecule has 2 unspecified atom stereocenters. The van der Waals surface area contributed by atoms with Gasteiger partial charge in [-0.2, -0.15) is 0 Å². The van der Waals surface area contributed by atoms with Gasteiger partial charge in [-0.05, 0) is 43.2 Å². The van der Waals surface area contributed by atoms with E-state index in [1.165, 1.54) is 4.31 Å². The zero-order valence-corrected chi connectivity index (χ0v) is 16.7. The second-order valence-electron chi connectivity index (χ2n) is 7.33. The lowest BCUT2D eigenvalue weighted by Gasteiger charge is -2.21. The van der Waals surface area contributed by atoms with Crippen LogP contribution in [0.4, 0.5) is 10.1 Å². The van der Waals surface area contributed by atoms with Crippen LogP contribution in [0.2, 0.25) is 0 Å². The van der Waals surface area contributed by atoms with Gasteiger partial charge >= 0.3 is 0 Å². The summed E-state index contributed by atoms with van der Waals surface area (Å²) in [7, 11) is -3.76. The largest absolute Gasteiger partial charge is 0.265 e. The van der Waals surface area contributed by atoms with Gasteiger partial charge in [0, 0.05) is 12.5 Å². The van der Waals surface area contributed by atoms with E-state index in [1.807, 2.05) is 44.2 Å². The zero-order chi connectivity index (χ0) is 19.9. The predicted molar refractivity (Wildman–Crippen MR) is 110 cm³/mol. The zero-order valence-electron chi connectivity index (χ0n) is 15.8. The van der Waals surface area contributed by atoms with Gasteiger partial charge in [0.2, 0.25) is 0 Å². The smallest absolute Gasteiger partial charge is 0.264 e. The molecule has 1 aliphatic heterocycles. The molecule has 3 aromatic rings. The minimum atomic E-state index is -3.76. The van der Waals surface area contributed by atoms with Gasteiger partial charge in [-0.15, -0.1) is 0 Å². The van der Waals surface area contributed by atoms with E-state index in [0.29, 0.717) is 11.3 Å². The second-order valence-corrected chi connectivity index (χ2v) is 9.19. The van der Waals surface area contributed by atoms with E-state index < -0.39 is 22.1 Å². The predicted octanol–water partition coefficient (Wildman–Crippen LogP) is 5.31. The maximum Gasteiger partial charge on any atom is 0.264 e. The van der Waals surface area contributed by atoms with Crippen LogP contribution < -0.4 is 4.31 Å². The molecule has 4 rings (SSSR count). The summed E-state index contributed by atoms with van der Waals surface area (Å²) < 4.78 is 43.4. The molecule has 0 amide bonds. The summed E-state index contributed by atoms with van der Waals surface area (Å²) in [6, 6.07) is 21.3. The number of fused-ring (bicyclic) bond motifs is 1. The van der Waals surface area contributed by atoms with Gasteiger partial charge in [0.05, 0.1) is 10.6 Å². The Hall–Kier alpha value is -2.66. The molecular weight excluding hydrogens is 373 g/mol. The lowest BCUT2D eigenvalue weighted by Crippen LogP contribution is -2.30. The highest BCUT2D eigenvalue weighted by molar-refractivity contribution is 7.92. The summed E-state index contributed by atoms with van der Waals surface area (Å²) in [5, 5.41) is 0. The fourth-order valence-electron chi connectivity index (χ4n) is 3.79. The van der Waals surface area contributed by atoms with Gasteiger partial charge in [0.25, 0.3) is 10.0 Å². The number of rotatable bonds is 4. The van der Waals surface area contributed by atoms with Crippen LogP contribution in [0.25, 0.3) is 0 Å². The van der Waals surface area contributed by atoms with Crippen molar-refractivity contribution in [3.05, 3.63) is 95.1 Å². The minimum absolute atomic E-state index is 0.0880. The summed E-state index contributed by atoms with van der Waals surface area (Å²) in [4.78, 5) is 0.222. The number of para-hydroxylation sites is 1. The summed E-state index contributed by atoms with van der Waals surface area (Å²) in [5.41, 5.74) is 3.84. The molecule has 0 aliphatic carbocycles. The number of nitrogens with zero attached hydrogens (tertiary/aromatic N) is 1. The normalized spacial score (nSPS) is 17.4. The van der Waals surface area contributed by atoms with Crippen molar-refractivity contribution in [2.75, 3.05) is 10.8 Å². The molecule has 2 atom stereocenters. The second kappa shape index (κ2) is 7.06. The third-order valence-corrected chi connectivity index (χ3v) is 7.08. The maximum absolute atomic E-state index is 15.5. The van der Waals surface area contributed by atoms with Crippen molar-refractivity contribution in [2.24, 2.45) is 0 Å². The molecule has 0 fully saturated rings. The molecule has 3 aromatic carbocycles. The number of hydrogen-bond donors (Lipinski definition) is 0. The van der Waals surface area contributed by atoms with Gasteiger partial charge in [0.15, 0.2) is 0 Å². The van der Waals surface area contributed by atoms with E-state index >= 15 is 4.39 Å². The molecule has 144 valence electrons. The van der Waals surface area contributed by atoms with Crippen LogP contribution >= 0.6 is 0 Å². The number of anilines is 1. The van der Waals surface area contributed by atoms with E-state index in [4.69, 9.17) is 0 Å². The van der Waals surface area contributed by atoms with E-state index in [2.05, 4.69) is 0 Å². The Morgan fingerprint density at radius 2 is 1.64 bits per heavy atom. The highest BCUT2D eigenvalue weighted by atomic mass is 32.2. The Balaban J connectivity index is 1.75. The van der Waals surface area contributed by atoms with Crippen molar-refractivity contribution in [3.8, 4) is 0 Å². The standard InChI is InChI=1S/C23H22FNO2S/c1-16-10-12-19(13-11-16)28(26,27)25-15-21(20-8-3-4-9-22(20)25)23(24)18-7-5-6-17(2)14-18/h3-14,21,23H,15H2,1-2H3. The summed E-state index contributed by atoms with van der Waals surface area (Å²) in [6.45, 7) is 3.92. The first-order valence-corrected chi connectivity index (χ1v) is 10.7. The Morgan fingerprint density at radius 1 is 0.929 bits per heavy atom. The number of benzene rings is 3. The first kappa shape index (κ1) is 18.7. The molecule has 0 saturated carbocycles. The highest BCUT2D eigenvalue weighted by Gasteiger charge is 2.40. The maximum atomic E-state index is 15.5. The molecular formula is C23H22FNO2S. The lowest BCUT2D eigenvalue weighted by molar-refractivity contribution is 0.297. The first-order valence-electron chi connectivity index (χ1n) is 9.27. The van der Waals surface area contributed by atoms with Crippen LogP contribution in [-0.4, -0.2) is 15.0 Å². The highest BCUT2D eigenvalue weighted by Crippen LogP contribution is 2.46. The number of halogens is 1. The molecule has 0 spiro atoms. The fourth-order valence-corrected chi connectivity index (χ4v) is 5.31. The number of sulfonamides is 1. The molecule has 1 aliphatic rings. The van der Waals surface area contributed by atoms with Crippen LogP contribution in [0.15, 0.2) is 77.7 Å². The van der Waals surface area contributed by atoms with Crippen LogP contribution in [0.5, 0.6) is 0 Å². The number of alkyl halides is 1. The van der Waals surface area contributed by atoms with Crippen molar-refractivity contribution >= 4 is 15.7 Å². The molecule has 5 heteroatoms. The Kier molecular flexibility index (Phi) is 4.71. The lowest BCUT2D eigenvalue weighted by atomic mass is 9.91. The van der Waals surface area contributed by atoms with Crippen LogP contribution in [0.3, 0.4) is 0 Å². The molecule has 1 heterocycles. The van der Waals surface area contributed by atoms with E-state index in [0.717, 1.165) is 16.7 Å². The van der Waals surface area contributed by atoms with Crippen molar-refractivity contribution < 1.29 is 12.8 Å². The number of aryl methyl sites for hydroxylation is 2. The van der Waals surface area contributed by atoms with Crippen molar-refractivity contribution in [1.82, 2.24) is 0 Å². The number of hydrogen-bond acceptors (Lipinski definition) is 2. The summed E-state index contributed by atoms with van der Waals surface area (Å²) in [5.74, 6) is -0.543. The van der Waals surface area contributed by atoms with Crippen LogP contribution in [0, 0.1) is 13.8 Å². The van der Waals surface area contributed by atoms with E-state index in [9.17, 15) is 8.42 Å². The van der Waals surface area contributed by atoms with E-state index in [1.54, 1.807) is 42.5 Å². The third kappa shape index (κ3) is 3.20. The SMILES string of the molecule is Cc1ccc(S(=O)(=O)N2CC(C(F)c3cccc(C)c3)c3ccccc32)cc1.